The molecule has 3 amide bonds. The van der Waals surface area contributed by atoms with E-state index in [9.17, 15) is 14.4 Å². The quantitative estimate of drug-likeness (QED) is 0.754. The zero-order chi connectivity index (χ0) is 19.3. The number of carbonyl (C=O) groups is 3. The fourth-order valence-corrected chi connectivity index (χ4v) is 3.93. The molecule has 0 aromatic carbocycles. The molecule has 2 saturated heterocycles. The summed E-state index contributed by atoms with van der Waals surface area (Å²) in [6.07, 6.45) is 4.59. The monoisotopic (exact) mass is 365 g/mol. The maximum Gasteiger partial charge on any atom is 0.318 e. The van der Waals surface area contributed by atoms with E-state index in [-0.39, 0.29) is 23.8 Å². The maximum atomic E-state index is 13.1. The van der Waals surface area contributed by atoms with Crippen molar-refractivity contribution in [1.29, 1.82) is 0 Å². The highest BCUT2D eigenvalue weighted by Gasteiger charge is 2.41. The molecule has 0 spiro atoms. The number of urea groups is 1. The van der Waals surface area contributed by atoms with E-state index >= 15 is 0 Å². The summed E-state index contributed by atoms with van der Waals surface area (Å²) in [5, 5.41) is 2.94. The zero-order valence-electron chi connectivity index (χ0n) is 16.8. The lowest BCUT2D eigenvalue weighted by atomic mass is 10.00. The molecule has 0 radical (unpaired) electrons. The van der Waals surface area contributed by atoms with Crippen LogP contribution in [0.4, 0.5) is 4.79 Å². The van der Waals surface area contributed by atoms with Crippen LogP contribution in [0.15, 0.2) is 0 Å². The summed E-state index contributed by atoms with van der Waals surface area (Å²) >= 11 is 0. The summed E-state index contributed by atoms with van der Waals surface area (Å²) in [5.41, 5.74) is 0. The van der Waals surface area contributed by atoms with Gasteiger partial charge >= 0.3 is 6.03 Å². The zero-order valence-corrected chi connectivity index (χ0v) is 16.8. The number of hydrogen-bond donors (Lipinski definition) is 1. The highest BCUT2D eigenvalue weighted by atomic mass is 16.2. The number of carbonyl (C=O) groups excluding carboxylic acids is 3. The van der Waals surface area contributed by atoms with Gasteiger partial charge in [0, 0.05) is 26.1 Å². The molecular formula is C20H35N3O3. The standard InChI is InChI=1S/C20H35N3O3/c1-14(2)9-10-21-20(26)23-12-6-8-17(23)19(25)22-11-5-7-16(22)18(24)13-15(3)4/h14-17H,5-13H2,1-4H3,(H,21,26). The van der Waals surface area contributed by atoms with E-state index in [1.165, 1.54) is 0 Å². The average molecular weight is 366 g/mol. The summed E-state index contributed by atoms with van der Waals surface area (Å²) < 4.78 is 0. The van der Waals surface area contributed by atoms with E-state index in [0.717, 1.165) is 25.7 Å². The molecule has 0 aromatic rings. The number of likely N-dealkylation sites (tertiary alicyclic amines) is 2. The second-order valence-corrected chi connectivity index (χ2v) is 8.52. The molecule has 26 heavy (non-hydrogen) atoms. The molecule has 2 aliphatic heterocycles. The van der Waals surface area contributed by atoms with Crippen LogP contribution in [-0.2, 0) is 9.59 Å². The van der Waals surface area contributed by atoms with Crippen LogP contribution >= 0.6 is 0 Å². The second kappa shape index (κ2) is 9.38. The van der Waals surface area contributed by atoms with Crippen LogP contribution in [0, 0.1) is 11.8 Å². The Morgan fingerprint density at radius 1 is 0.923 bits per heavy atom. The molecule has 148 valence electrons. The fourth-order valence-electron chi connectivity index (χ4n) is 3.93. The summed E-state index contributed by atoms with van der Waals surface area (Å²) in [7, 11) is 0. The highest BCUT2D eigenvalue weighted by molar-refractivity contribution is 5.93. The summed E-state index contributed by atoms with van der Waals surface area (Å²) in [4.78, 5) is 41.5. The van der Waals surface area contributed by atoms with Crippen LogP contribution in [-0.4, -0.2) is 59.2 Å². The van der Waals surface area contributed by atoms with Gasteiger partial charge in [-0.2, -0.15) is 0 Å². The molecule has 0 aliphatic carbocycles. The Balaban J connectivity index is 1.98. The Labute approximate surface area is 157 Å². The molecule has 0 bridgehead atoms. The predicted molar refractivity (Wildman–Crippen MR) is 102 cm³/mol. The van der Waals surface area contributed by atoms with Crippen LogP contribution in [0.1, 0.15) is 66.2 Å². The second-order valence-electron chi connectivity index (χ2n) is 8.52. The fraction of sp³-hybridized carbons (Fsp3) is 0.850. The van der Waals surface area contributed by atoms with Crippen molar-refractivity contribution in [2.24, 2.45) is 11.8 Å². The Kier molecular flexibility index (Phi) is 7.47. The van der Waals surface area contributed by atoms with Crippen LogP contribution in [0.5, 0.6) is 0 Å². The minimum Gasteiger partial charge on any atom is -0.338 e. The van der Waals surface area contributed by atoms with Gasteiger partial charge in [0.1, 0.15) is 6.04 Å². The lowest BCUT2D eigenvalue weighted by Gasteiger charge is -2.31. The first kappa shape index (κ1) is 20.7. The van der Waals surface area contributed by atoms with Gasteiger partial charge in [0.25, 0.3) is 0 Å². The van der Waals surface area contributed by atoms with Crippen molar-refractivity contribution in [1.82, 2.24) is 15.1 Å². The van der Waals surface area contributed by atoms with Crippen molar-refractivity contribution in [2.75, 3.05) is 19.6 Å². The van der Waals surface area contributed by atoms with Crippen molar-refractivity contribution < 1.29 is 14.4 Å². The number of rotatable bonds is 7. The van der Waals surface area contributed by atoms with Gasteiger partial charge in [-0.25, -0.2) is 4.79 Å². The third-order valence-corrected chi connectivity index (χ3v) is 5.31. The van der Waals surface area contributed by atoms with E-state index in [2.05, 4.69) is 19.2 Å². The van der Waals surface area contributed by atoms with E-state index < -0.39 is 6.04 Å². The van der Waals surface area contributed by atoms with E-state index in [1.807, 2.05) is 13.8 Å². The van der Waals surface area contributed by atoms with Gasteiger partial charge in [-0.15, -0.1) is 0 Å². The van der Waals surface area contributed by atoms with Gasteiger partial charge < -0.3 is 15.1 Å². The number of ketones is 1. The summed E-state index contributed by atoms with van der Waals surface area (Å²) in [5.74, 6) is 0.955. The maximum absolute atomic E-state index is 13.1. The first-order valence-corrected chi connectivity index (χ1v) is 10.2. The molecule has 2 fully saturated rings. The van der Waals surface area contributed by atoms with Crippen LogP contribution < -0.4 is 5.32 Å². The van der Waals surface area contributed by atoms with E-state index in [0.29, 0.717) is 44.3 Å². The first-order valence-electron chi connectivity index (χ1n) is 10.2. The van der Waals surface area contributed by atoms with Crippen LogP contribution in [0.25, 0.3) is 0 Å². The summed E-state index contributed by atoms with van der Waals surface area (Å²) in [6.45, 7) is 10.2. The van der Waals surface area contributed by atoms with E-state index in [1.54, 1.807) is 9.80 Å². The molecule has 0 aromatic heterocycles. The number of nitrogens with one attached hydrogen (secondary N) is 1. The summed E-state index contributed by atoms with van der Waals surface area (Å²) in [6, 6.07) is -0.858. The minimum absolute atomic E-state index is 0.0406. The van der Waals surface area contributed by atoms with E-state index in [4.69, 9.17) is 0 Å². The number of nitrogens with zero attached hydrogens (tertiary/aromatic N) is 2. The lowest BCUT2D eigenvalue weighted by Crippen LogP contribution is -2.53. The van der Waals surface area contributed by atoms with Crippen molar-refractivity contribution in [3.8, 4) is 0 Å². The van der Waals surface area contributed by atoms with Crippen LogP contribution in [0.3, 0.4) is 0 Å². The van der Waals surface area contributed by atoms with Crippen LogP contribution in [0.2, 0.25) is 0 Å². The predicted octanol–water partition coefficient (Wildman–Crippen LogP) is 2.81. The minimum atomic E-state index is -0.415. The van der Waals surface area contributed by atoms with Crippen molar-refractivity contribution in [2.45, 2.75) is 78.3 Å². The Bertz CT molecular complexity index is 518. The molecule has 2 aliphatic rings. The first-order chi connectivity index (χ1) is 12.3. The van der Waals surface area contributed by atoms with Crippen molar-refractivity contribution >= 4 is 17.7 Å². The molecule has 2 unspecified atom stereocenters. The van der Waals surface area contributed by atoms with Gasteiger partial charge in [0.05, 0.1) is 6.04 Å². The molecule has 0 saturated carbocycles. The number of hydrogen-bond acceptors (Lipinski definition) is 3. The third kappa shape index (κ3) is 5.21. The average Bonchev–Trinajstić information content (AvgIpc) is 3.22. The Hall–Kier alpha value is -1.59. The smallest absolute Gasteiger partial charge is 0.318 e. The topological polar surface area (TPSA) is 69.7 Å². The lowest BCUT2D eigenvalue weighted by molar-refractivity contribution is -0.140. The highest BCUT2D eigenvalue weighted by Crippen LogP contribution is 2.26. The SMILES string of the molecule is CC(C)CCNC(=O)N1CCCC1C(=O)N1CCCC1C(=O)CC(C)C. The number of amides is 3. The Morgan fingerprint density at radius 3 is 2.15 bits per heavy atom. The van der Waals surface area contributed by atoms with Gasteiger partial charge in [-0.05, 0) is 43.9 Å². The third-order valence-electron chi connectivity index (χ3n) is 5.31. The van der Waals surface area contributed by atoms with Gasteiger partial charge in [-0.3, -0.25) is 9.59 Å². The molecule has 6 heteroatoms. The van der Waals surface area contributed by atoms with Gasteiger partial charge in [0.2, 0.25) is 5.91 Å². The molecular weight excluding hydrogens is 330 g/mol. The number of Topliss-reactive ketones (excluding diaryl/α,β-unsaturated/α-hetero) is 1. The normalized spacial score (nSPS) is 23.2. The molecule has 2 heterocycles. The Morgan fingerprint density at radius 2 is 1.54 bits per heavy atom. The molecule has 1 N–H and O–H groups in total. The van der Waals surface area contributed by atoms with Crippen molar-refractivity contribution in [3.63, 3.8) is 0 Å². The molecule has 2 rings (SSSR count). The molecule has 2 atom stereocenters. The molecule has 6 nitrogen and oxygen atoms in total. The largest absolute Gasteiger partial charge is 0.338 e. The van der Waals surface area contributed by atoms with Gasteiger partial charge in [-0.1, -0.05) is 27.7 Å². The van der Waals surface area contributed by atoms with Crippen molar-refractivity contribution in [3.05, 3.63) is 0 Å². The van der Waals surface area contributed by atoms with Gasteiger partial charge in [0.15, 0.2) is 5.78 Å².